The zero-order valence-corrected chi connectivity index (χ0v) is 14.4. The Labute approximate surface area is 133 Å². The Morgan fingerprint density at radius 2 is 1.73 bits per heavy atom. The van der Waals surface area contributed by atoms with Gasteiger partial charge in [-0.05, 0) is 54.3 Å². The van der Waals surface area contributed by atoms with Crippen molar-refractivity contribution in [3.63, 3.8) is 0 Å². The third-order valence-corrected chi connectivity index (χ3v) is 7.86. The van der Waals surface area contributed by atoms with Crippen LogP contribution < -0.4 is 0 Å². The van der Waals surface area contributed by atoms with Crippen molar-refractivity contribution in [2.45, 2.75) is 66.2 Å². The number of hydrogen-bond donors (Lipinski definition) is 0. The molecule has 0 amide bonds. The molecule has 0 N–H and O–H groups in total. The number of allylic oxidation sites excluding steroid dienone is 2. The van der Waals surface area contributed by atoms with Crippen molar-refractivity contribution in [3.05, 3.63) is 12.2 Å². The maximum absolute atomic E-state index is 12.7. The second kappa shape index (κ2) is 3.94. The highest BCUT2D eigenvalue weighted by molar-refractivity contribution is 5.89. The molecule has 2 heteroatoms. The van der Waals surface area contributed by atoms with Gasteiger partial charge in [0.25, 0.3) is 0 Å². The van der Waals surface area contributed by atoms with E-state index in [-0.39, 0.29) is 21.7 Å². The number of hydrogen-bond acceptors (Lipinski definition) is 2. The lowest BCUT2D eigenvalue weighted by Crippen LogP contribution is -2.59. The van der Waals surface area contributed by atoms with Crippen molar-refractivity contribution in [1.29, 1.82) is 0 Å². The summed E-state index contributed by atoms with van der Waals surface area (Å²) in [4.78, 5) is 25.2. The third-order valence-electron chi connectivity index (χ3n) is 7.86. The molecule has 4 aliphatic carbocycles. The highest BCUT2D eigenvalue weighted by Crippen LogP contribution is 2.70. The minimum atomic E-state index is -0.228. The van der Waals surface area contributed by atoms with Crippen molar-refractivity contribution < 1.29 is 9.59 Å². The van der Waals surface area contributed by atoms with Crippen molar-refractivity contribution in [2.75, 3.05) is 0 Å². The molecular formula is C20H28O2. The van der Waals surface area contributed by atoms with Gasteiger partial charge in [0.1, 0.15) is 11.6 Å². The van der Waals surface area contributed by atoms with Gasteiger partial charge >= 0.3 is 0 Å². The molecule has 0 radical (unpaired) electrons. The molecule has 3 saturated carbocycles. The van der Waals surface area contributed by atoms with Crippen LogP contribution >= 0.6 is 0 Å². The third kappa shape index (κ3) is 1.62. The van der Waals surface area contributed by atoms with E-state index >= 15 is 0 Å². The zero-order valence-electron chi connectivity index (χ0n) is 14.4. The van der Waals surface area contributed by atoms with E-state index in [1.54, 1.807) is 0 Å². The molecule has 0 aromatic heterocycles. The lowest BCUT2D eigenvalue weighted by atomic mass is 9.40. The first-order valence-electron chi connectivity index (χ1n) is 8.87. The number of carbonyl (C=O) groups is 2. The smallest absolute Gasteiger partial charge is 0.142 e. The summed E-state index contributed by atoms with van der Waals surface area (Å²) >= 11 is 0. The topological polar surface area (TPSA) is 34.1 Å². The molecule has 0 aromatic rings. The number of Topliss-reactive ketones (excluding diaryl/α,β-unsaturated/α-hetero) is 2. The predicted molar refractivity (Wildman–Crippen MR) is 86.3 cm³/mol. The van der Waals surface area contributed by atoms with Gasteiger partial charge in [-0.3, -0.25) is 9.59 Å². The van der Waals surface area contributed by atoms with E-state index in [9.17, 15) is 9.59 Å². The number of ketones is 2. The van der Waals surface area contributed by atoms with Crippen molar-refractivity contribution >= 4 is 11.6 Å². The van der Waals surface area contributed by atoms with Gasteiger partial charge < -0.3 is 0 Å². The number of carbonyl (C=O) groups excluding carboxylic acids is 2. The van der Waals surface area contributed by atoms with Gasteiger partial charge in [0.2, 0.25) is 0 Å². The standard InChI is InChI=1S/C20H28O2/c1-17(2)10-13(21)11-19(4)14(17)5-6-20-8-7-18(3,12-20)16(22)9-15(19)20/h7-8,14-15H,5-6,9-12H2,1-4H3. The zero-order chi connectivity index (χ0) is 16.0. The minimum Gasteiger partial charge on any atom is -0.300 e. The van der Waals surface area contributed by atoms with Crippen LogP contribution in [0.4, 0.5) is 0 Å². The Morgan fingerprint density at radius 1 is 1.00 bits per heavy atom. The fourth-order valence-electron chi connectivity index (χ4n) is 7.07. The van der Waals surface area contributed by atoms with Gasteiger partial charge in [-0.25, -0.2) is 0 Å². The largest absolute Gasteiger partial charge is 0.300 e. The van der Waals surface area contributed by atoms with E-state index < -0.39 is 0 Å². The van der Waals surface area contributed by atoms with Crippen molar-refractivity contribution in [3.8, 4) is 0 Å². The van der Waals surface area contributed by atoms with E-state index in [4.69, 9.17) is 0 Å². The fraction of sp³-hybridized carbons (Fsp3) is 0.800. The Bertz CT molecular complexity index is 601. The van der Waals surface area contributed by atoms with Crippen LogP contribution in [-0.4, -0.2) is 11.6 Å². The van der Waals surface area contributed by atoms with Crippen LogP contribution in [-0.2, 0) is 9.59 Å². The second-order valence-corrected chi connectivity index (χ2v) is 9.82. The van der Waals surface area contributed by atoms with Crippen LogP contribution in [0.15, 0.2) is 12.2 Å². The Balaban J connectivity index is 1.81. The van der Waals surface area contributed by atoms with E-state index in [0.29, 0.717) is 42.7 Å². The van der Waals surface area contributed by atoms with E-state index in [0.717, 1.165) is 6.42 Å². The molecule has 0 heterocycles. The molecule has 3 fully saturated rings. The maximum Gasteiger partial charge on any atom is 0.142 e. The highest BCUT2D eigenvalue weighted by atomic mass is 16.1. The molecule has 4 aliphatic rings. The number of rotatable bonds is 0. The van der Waals surface area contributed by atoms with Gasteiger partial charge in [-0.2, -0.15) is 0 Å². The molecule has 5 unspecified atom stereocenters. The summed E-state index contributed by atoms with van der Waals surface area (Å²) in [6.45, 7) is 8.97. The van der Waals surface area contributed by atoms with Crippen LogP contribution in [0.2, 0.25) is 0 Å². The predicted octanol–water partition coefficient (Wildman–Crippen LogP) is 4.33. The average Bonchev–Trinajstić information content (AvgIpc) is 2.66. The summed E-state index contributed by atoms with van der Waals surface area (Å²) < 4.78 is 0. The highest BCUT2D eigenvalue weighted by Gasteiger charge is 2.65. The Hall–Kier alpha value is -0.920. The van der Waals surface area contributed by atoms with Crippen LogP contribution in [0.1, 0.15) is 66.2 Å². The first kappa shape index (κ1) is 14.7. The number of fused-ring (bicyclic) bond motifs is 3. The summed E-state index contributed by atoms with van der Waals surface area (Å²) in [5, 5.41) is 0. The molecule has 5 atom stereocenters. The molecular weight excluding hydrogens is 272 g/mol. The Morgan fingerprint density at radius 3 is 2.45 bits per heavy atom. The van der Waals surface area contributed by atoms with Gasteiger partial charge in [-0.15, -0.1) is 0 Å². The van der Waals surface area contributed by atoms with Crippen LogP contribution in [0.5, 0.6) is 0 Å². The summed E-state index contributed by atoms with van der Waals surface area (Å²) in [5.41, 5.74) is 0.0378. The molecule has 0 saturated heterocycles. The molecule has 0 aliphatic heterocycles. The molecule has 0 aromatic carbocycles. The molecule has 120 valence electrons. The SMILES string of the molecule is CC12C=CC3(CCC4C(C)(C)CC(=O)CC4(C)C3CC1=O)C2. The van der Waals surface area contributed by atoms with Crippen molar-refractivity contribution in [1.82, 2.24) is 0 Å². The first-order valence-corrected chi connectivity index (χ1v) is 8.87. The van der Waals surface area contributed by atoms with Crippen LogP contribution in [0.3, 0.4) is 0 Å². The van der Waals surface area contributed by atoms with Gasteiger partial charge in [0.05, 0.1) is 0 Å². The molecule has 2 nitrogen and oxygen atoms in total. The lowest BCUT2D eigenvalue weighted by Gasteiger charge is -2.63. The minimum absolute atomic E-state index is 0.00273. The van der Waals surface area contributed by atoms with Gasteiger partial charge in [0.15, 0.2) is 0 Å². The van der Waals surface area contributed by atoms with E-state index in [2.05, 4.69) is 39.8 Å². The lowest BCUT2D eigenvalue weighted by molar-refractivity contribution is -0.166. The van der Waals surface area contributed by atoms with Gasteiger partial charge in [0, 0.05) is 24.7 Å². The molecule has 1 spiro atoms. The van der Waals surface area contributed by atoms with Crippen LogP contribution in [0, 0.1) is 33.5 Å². The maximum atomic E-state index is 12.7. The van der Waals surface area contributed by atoms with Crippen LogP contribution in [0.25, 0.3) is 0 Å². The summed E-state index contributed by atoms with van der Waals surface area (Å²) in [6.07, 6.45) is 10.0. The Kier molecular flexibility index (Phi) is 2.62. The second-order valence-electron chi connectivity index (χ2n) is 9.82. The quantitative estimate of drug-likeness (QED) is 0.624. The van der Waals surface area contributed by atoms with E-state index in [1.165, 1.54) is 12.8 Å². The molecule has 4 rings (SSSR count). The molecule has 2 bridgehead atoms. The van der Waals surface area contributed by atoms with E-state index in [1.807, 2.05) is 0 Å². The normalized spacial score (nSPS) is 52.4. The summed E-state index contributed by atoms with van der Waals surface area (Å²) in [5.74, 6) is 1.74. The monoisotopic (exact) mass is 300 g/mol. The first-order chi connectivity index (χ1) is 10.1. The average molecular weight is 300 g/mol. The summed E-state index contributed by atoms with van der Waals surface area (Å²) in [7, 11) is 0. The summed E-state index contributed by atoms with van der Waals surface area (Å²) in [6, 6.07) is 0. The van der Waals surface area contributed by atoms with Gasteiger partial charge in [-0.1, -0.05) is 32.9 Å². The molecule has 22 heavy (non-hydrogen) atoms. The fourth-order valence-corrected chi connectivity index (χ4v) is 7.07. The van der Waals surface area contributed by atoms with Crippen molar-refractivity contribution in [2.24, 2.45) is 33.5 Å².